The molecule has 0 spiro atoms. The van der Waals surface area contributed by atoms with Crippen molar-refractivity contribution in [3.8, 4) is 0 Å². The molecule has 2 aromatic carbocycles. The third-order valence-corrected chi connectivity index (χ3v) is 2.54. The van der Waals surface area contributed by atoms with Crippen LogP contribution >= 0.6 is 0 Å². The van der Waals surface area contributed by atoms with Crippen LogP contribution in [-0.2, 0) is 9.53 Å². The summed E-state index contributed by atoms with van der Waals surface area (Å²) in [4.78, 5) is 10.9. The Kier molecular flexibility index (Phi) is 3.25. The first kappa shape index (κ1) is 11.4. The van der Waals surface area contributed by atoms with Gasteiger partial charge in [-0.25, -0.2) is 4.79 Å². The largest absolute Gasteiger partial charge is 0.478 e. The highest BCUT2D eigenvalue weighted by molar-refractivity contribution is 5.94. The maximum atomic E-state index is 10.9. The van der Waals surface area contributed by atoms with Crippen molar-refractivity contribution >= 4 is 22.4 Å². The molecule has 2 rings (SSSR count). The second-order valence-corrected chi connectivity index (χ2v) is 3.63. The van der Waals surface area contributed by atoms with Gasteiger partial charge in [-0.1, -0.05) is 36.4 Å². The van der Waals surface area contributed by atoms with Gasteiger partial charge in [0.25, 0.3) is 0 Å². The Morgan fingerprint density at radius 3 is 2.65 bits per heavy atom. The van der Waals surface area contributed by atoms with Gasteiger partial charge in [-0.2, -0.15) is 0 Å². The van der Waals surface area contributed by atoms with Crippen LogP contribution in [0.4, 0.5) is 5.69 Å². The first-order valence-electron chi connectivity index (χ1n) is 5.22. The molecule has 4 nitrogen and oxygen atoms in total. The minimum Gasteiger partial charge on any atom is -0.478 e. The zero-order valence-corrected chi connectivity index (χ0v) is 9.38. The van der Waals surface area contributed by atoms with Crippen molar-refractivity contribution in [2.24, 2.45) is 0 Å². The van der Waals surface area contributed by atoms with Crippen molar-refractivity contribution in [2.45, 2.75) is 6.23 Å². The van der Waals surface area contributed by atoms with E-state index in [4.69, 9.17) is 9.84 Å². The number of rotatable bonds is 4. The van der Waals surface area contributed by atoms with Crippen molar-refractivity contribution in [3.63, 3.8) is 0 Å². The molecular formula is C13H13NO3. The number of carboxylic acids is 1. The Morgan fingerprint density at radius 2 is 1.94 bits per heavy atom. The average Bonchev–Trinajstić information content (AvgIpc) is 2.35. The number of methoxy groups -OCH3 is 1. The molecule has 88 valence electrons. The molecule has 0 aromatic heterocycles. The summed E-state index contributed by atoms with van der Waals surface area (Å²) in [6, 6.07) is 13.4. The summed E-state index contributed by atoms with van der Waals surface area (Å²) in [5, 5.41) is 13.8. The predicted molar refractivity (Wildman–Crippen MR) is 66.0 cm³/mol. The van der Waals surface area contributed by atoms with Gasteiger partial charge in [-0.15, -0.1) is 0 Å². The van der Waals surface area contributed by atoms with Crippen LogP contribution < -0.4 is 5.32 Å². The van der Waals surface area contributed by atoms with Crippen LogP contribution in [0.5, 0.6) is 0 Å². The Morgan fingerprint density at radius 1 is 1.24 bits per heavy atom. The standard InChI is InChI=1S/C13H13NO3/c1-17-12(13(15)16)14-11-8-4-6-9-5-2-3-7-10(9)11/h2-8,12,14H,1H3,(H,15,16)/t12-/m0/s1. The number of hydrogen-bond donors (Lipinski definition) is 2. The van der Waals surface area contributed by atoms with Crippen molar-refractivity contribution in [2.75, 3.05) is 12.4 Å². The van der Waals surface area contributed by atoms with E-state index >= 15 is 0 Å². The van der Waals surface area contributed by atoms with E-state index in [0.29, 0.717) is 0 Å². The lowest BCUT2D eigenvalue weighted by Gasteiger charge is -2.15. The first-order chi connectivity index (χ1) is 8.22. The molecule has 2 N–H and O–H groups in total. The predicted octanol–water partition coefficient (Wildman–Crippen LogP) is 2.31. The topological polar surface area (TPSA) is 58.6 Å². The van der Waals surface area contributed by atoms with Crippen LogP contribution in [-0.4, -0.2) is 24.4 Å². The van der Waals surface area contributed by atoms with E-state index in [1.54, 1.807) is 0 Å². The van der Waals surface area contributed by atoms with Gasteiger partial charge >= 0.3 is 5.97 Å². The minimum absolute atomic E-state index is 0.748. The highest BCUT2D eigenvalue weighted by Gasteiger charge is 2.16. The van der Waals surface area contributed by atoms with Crippen molar-refractivity contribution in [3.05, 3.63) is 42.5 Å². The fraction of sp³-hybridized carbons (Fsp3) is 0.154. The Hall–Kier alpha value is -2.07. The number of carboxylic acid groups (broad SMARTS) is 1. The van der Waals surface area contributed by atoms with E-state index in [-0.39, 0.29) is 0 Å². The number of anilines is 1. The van der Waals surface area contributed by atoms with E-state index in [0.717, 1.165) is 16.5 Å². The summed E-state index contributed by atoms with van der Waals surface area (Å²) in [5.74, 6) is -1.04. The molecule has 0 aliphatic heterocycles. The first-order valence-corrected chi connectivity index (χ1v) is 5.22. The van der Waals surface area contributed by atoms with Gasteiger partial charge < -0.3 is 15.2 Å². The van der Waals surface area contributed by atoms with Gasteiger partial charge in [0.2, 0.25) is 6.23 Å². The number of nitrogens with one attached hydrogen (secondary N) is 1. The number of benzene rings is 2. The van der Waals surface area contributed by atoms with Crippen LogP contribution in [0.15, 0.2) is 42.5 Å². The van der Waals surface area contributed by atoms with E-state index in [2.05, 4.69) is 5.32 Å². The molecule has 4 heteroatoms. The summed E-state index contributed by atoms with van der Waals surface area (Å²) in [6.07, 6.45) is -1.04. The smallest absolute Gasteiger partial charge is 0.353 e. The van der Waals surface area contributed by atoms with Crippen LogP contribution in [0.2, 0.25) is 0 Å². The van der Waals surface area contributed by atoms with E-state index in [1.165, 1.54) is 7.11 Å². The van der Waals surface area contributed by atoms with Gasteiger partial charge in [0.05, 0.1) is 0 Å². The lowest BCUT2D eigenvalue weighted by molar-refractivity contribution is -0.146. The van der Waals surface area contributed by atoms with Crippen LogP contribution in [0, 0.1) is 0 Å². The number of carbonyl (C=O) groups is 1. The SMILES string of the molecule is CO[C@H](Nc1cccc2ccccc12)C(=O)O. The van der Waals surface area contributed by atoms with Gasteiger partial charge in [-0.05, 0) is 11.5 Å². The molecule has 0 saturated carbocycles. The Balaban J connectivity index is 2.38. The molecule has 0 bridgehead atoms. The Bertz CT molecular complexity index is 534. The van der Waals surface area contributed by atoms with Crippen LogP contribution in [0.3, 0.4) is 0 Å². The fourth-order valence-electron chi connectivity index (χ4n) is 1.71. The number of hydrogen-bond acceptors (Lipinski definition) is 3. The summed E-state index contributed by atoms with van der Waals surface area (Å²) in [6.45, 7) is 0. The quantitative estimate of drug-likeness (QED) is 0.793. The Labute approximate surface area is 98.8 Å². The minimum atomic E-state index is -1.04. The molecular weight excluding hydrogens is 218 g/mol. The van der Waals surface area contributed by atoms with Crippen molar-refractivity contribution < 1.29 is 14.6 Å². The van der Waals surface area contributed by atoms with Crippen molar-refractivity contribution in [1.29, 1.82) is 0 Å². The summed E-state index contributed by atoms with van der Waals surface area (Å²) in [5.41, 5.74) is 0.748. The number of aliphatic carboxylic acids is 1. The molecule has 0 aliphatic carbocycles. The summed E-state index contributed by atoms with van der Waals surface area (Å²) < 4.78 is 4.85. The number of fused-ring (bicyclic) bond motifs is 1. The van der Waals surface area contributed by atoms with Gasteiger partial charge in [-0.3, -0.25) is 0 Å². The van der Waals surface area contributed by atoms with Crippen molar-refractivity contribution in [1.82, 2.24) is 0 Å². The molecule has 0 heterocycles. The third-order valence-electron chi connectivity index (χ3n) is 2.54. The van der Waals surface area contributed by atoms with Gasteiger partial charge in [0.1, 0.15) is 0 Å². The molecule has 17 heavy (non-hydrogen) atoms. The van der Waals surface area contributed by atoms with E-state index in [9.17, 15) is 4.79 Å². The molecule has 0 radical (unpaired) electrons. The molecule has 0 amide bonds. The zero-order chi connectivity index (χ0) is 12.3. The van der Waals surface area contributed by atoms with Crippen LogP contribution in [0.1, 0.15) is 0 Å². The monoisotopic (exact) mass is 231 g/mol. The molecule has 0 aliphatic rings. The highest BCUT2D eigenvalue weighted by atomic mass is 16.5. The number of ether oxygens (including phenoxy) is 1. The lowest BCUT2D eigenvalue weighted by Crippen LogP contribution is -2.30. The molecule has 1 atom stereocenters. The molecule has 0 saturated heterocycles. The molecule has 0 unspecified atom stereocenters. The fourth-order valence-corrected chi connectivity index (χ4v) is 1.71. The molecule has 2 aromatic rings. The molecule has 0 fully saturated rings. The summed E-state index contributed by atoms with van der Waals surface area (Å²) in [7, 11) is 1.36. The van der Waals surface area contributed by atoms with E-state index < -0.39 is 12.2 Å². The lowest BCUT2D eigenvalue weighted by atomic mass is 10.1. The summed E-state index contributed by atoms with van der Waals surface area (Å²) >= 11 is 0. The second kappa shape index (κ2) is 4.84. The van der Waals surface area contributed by atoms with Crippen LogP contribution in [0.25, 0.3) is 10.8 Å². The normalized spacial score (nSPS) is 12.3. The highest BCUT2D eigenvalue weighted by Crippen LogP contribution is 2.23. The third kappa shape index (κ3) is 2.37. The zero-order valence-electron chi connectivity index (χ0n) is 9.38. The van der Waals surface area contributed by atoms with E-state index in [1.807, 2.05) is 42.5 Å². The maximum absolute atomic E-state index is 10.9. The van der Waals surface area contributed by atoms with Gasteiger partial charge in [0, 0.05) is 18.2 Å². The maximum Gasteiger partial charge on any atom is 0.353 e. The van der Waals surface area contributed by atoms with Gasteiger partial charge in [0.15, 0.2) is 0 Å². The average molecular weight is 231 g/mol. The second-order valence-electron chi connectivity index (χ2n) is 3.63.